The molecule has 0 spiro atoms. The van der Waals surface area contributed by atoms with Crippen molar-refractivity contribution in [1.29, 1.82) is 0 Å². The van der Waals surface area contributed by atoms with Crippen molar-refractivity contribution in [2.75, 3.05) is 0 Å². The lowest BCUT2D eigenvalue weighted by atomic mass is 9.87. The van der Waals surface area contributed by atoms with Gasteiger partial charge in [-0.05, 0) is 28.7 Å². The Morgan fingerprint density at radius 2 is 1.52 bits per heavy atom. The first-order valence-electron chi connectivity index (χ1n) is 7.33. The number of hydrogen-bond donors (Lipinski definition) is 2. The first-order valence-corrected chi connectivity index (χ1v) is 8.81. The van der Waals surface area contributed by atoms with Crippen LogP contribution >= 0.6 is 0 Å². The molecule has 2 rings (SSSR count). The van der Waals surface area contributed by atoms with Gasteiger partial charge in [0.1, 0.15) is 0 Å². The minimum atomic E-state index is -3.65. The summed E-state index contributed by atoms with van der Waals surface area (Å²) in [7, 11) is -3.65. The van der Waals surface area contributed by atoms with Crippen LogP contribution in [0.1, 0.15) is 31.9 Å². The lowest BCUT2D eigenvalue weighted by molar-refractivity contribution is 0.574. The number of sulfonamides is 1. The zero-order valence-electron chi connectivity index (χ0n) is 13.6. The molecule has 23 heavy (non-hydrogen) atoms. The van der Waals surface area contributed by atoms with Gasteiger partial charge >= 0.3 is 0 Å². The fourth-order valence-electron chi connectivity index (χ4n) is 2.03. The van der Waals surface area contributed by atoms with E-state index in [4.69, 9.17) is 0 Å². The number of nitrogens with one attached hydrogen (secondary N) is 2. The summed E-state index contributed by atoms with van der Waals surface area (Å²) >= 11 is 0. The molecule has 0 aliphatic rings. The van der Waals surface area contributed by atoms with E-state index in [1.54, 1.807) is 12.1 Å². The van der Waals surface area contributed by atoms with Gasteiger partial charge in [0.25, 0.3) is 10.0 Å². The molecule has 122 valence electrons. The van der Waals surface area contributed by atoms with Gasteiger partial charge in [-0.3, -0.25) is 0 Å². The van der Waals surface area contributed by atoms with Crippen molar-refractivity contribution in [3.8, 4) is 0 Å². The predicted octanol–water partition coefficient (Wildman–Crippen LogP) is 3.44. The molecule has 0 fully saturated rings. The van der Waals surface area contributed by atoms with Gasteiger partial charge in [-0.25, -0.2) is 8.42 Å². The first kappa shape index (κ1) is 17.2. The zero-order valence-corrected chi connectivity index (χ0v) is 14.4. The van der Waals surface area contributed by atoms with Gasteiger partial charge in [0.15, 0.2) is 0 Å². The second-order valence-electron chi connectivity index (χ2n) is 6.35. The SMILES string of the molecule is C=C(NNS(=O)(=O)c1ccc(C(C)(C)C)cc1)c1ccccc1. The number of rotatable bonds is 5. The van der Waals surface area contributed by atoms with Crippen LogP contribution in [0, 0.1) is 0 Å². The maximum absolute atomic E-state index is 12.3. The van der Waals surface area contributed by atoms with E-state index in [0.29, 0.717) is 5.70 Å². The minimum Gasteiger partial charge on any atom is -0.308 e. The summed E-state index contributed by atoms with van der Waals surface area (Å²) in [4.78, 5) is 2.56. The Bertz CT molecular complexity index is 774. The third-order valence-electron chi connectivity index (χ3n) is 3.49. The number of hydrogen-bond acceptors (Lipinski definition) is 3. The van der Waals surface area contributed by atoms with Crippen molar-refractivity contribution in [1.82, 2.24) is 10.3 Å². The highest BCUT2D eigenvalue weighted by molar-refractivity contribution is 7.89. The van der Waals surface area contributed by atoms with E-state index in [2.05, 4.69) is 37.6 Å². The minimum absolute atomic E-state index is 0.0183. The van der Waals surface area contributed by atoms with E-state index in [9.17, 15) is 8.42 Å². The van der Waals surface area contributed by atoms with Gasteiger partial charge in [0.2, 0.25) is 0 Å². The molecule has 0 aliphatic carbocycles. The largest absolute Gasteiger partial charge is 0.308 e. The smallest absolute Gasteiger partial charge is 0.257 e. The molecule has 0 amide bonds. The van der Waals surface area contributed by atoms with Gasteiger partial charge in [-0.15, -0.1) is 4.83 Å². The van der Waals surface area contributed by atoms with Crippen molar-refractivity contribution < 1.29 is 8.42 Å². The highest BCUT2D eigenvalue weighted by Gasteiger charge is 2.17. The van der Waals surface area contributed by atoms with E-state index in [1.807, 2.05) is 42.5 Å². The second kappa shape index (κ2) is 6.56. The molecule has 0 saturated heterocycles. The molecule has 0 aliphatic heterocycles. The molecule has 5 heteroatoms. The van der Waals surface area contributed by atoms with Crippen LogP contribution in [0.4, 0.5) is 0 Å². The Morgan fingerprint density at radius 3 is 2.04 bits per heavy atom. The zero-order chi connectivity index (χ0) is 17.1. The monoisotopic (exact) mass is 330 g/mol. The Morgan fingerprint density at radius 1 is 0.957 bits per heavy atom. The topological polar surface area (TPSA) is 58.2 Å². The van der Waals surface area contributed by atoms with Crippen LogP contribution in [0.3, 0.4) is 0 Å². The highest BCUT2D eigenvalue weighted by Crippen LogP contribution is 2.23. The molecule has 2 N–H and O–H groups in total. The van der Waals surface area contributed by atoms with Crippen LogP contribution in [-0.2, 0) is 15.4 Å². The molecule has 0 bridgehead atoms. The van der Waals surface area contributed by atoms with Gasteiger partial charge in [-0.1, -0.05) is 69.8 Å². The Balaban J connectivity index is 2.09. The van der Waals surface area contributed by atoms with Crippen molar-refractivity contribution in [3.63, 3.8) is 0 Å². The number of benzene rings is 2. The maximum atomic E-state index is 12.3. The molecular weight excluding hydrogens is 308 g/mol. The van der Waals surface area contributed by atoms with E-state index < -0.39 is 10.0 Å². The van der Waals surface area contributed by atoms with Gasteiger partial charge < -0.3 is 5.43 Å². The quantitative estimate of drug-likeness (QED) is 0.826. The summed E-state index contributed by atoms with van der Waals surface area (Å²) in [5.74, 6) is 0. The van der Waals surface area contributed by atoms with Gasteiger partial charge in [0, 0.05) is 5.70 Å². The van der Waals surface area contributed by atoms with Crippen molar-refractivity contribution >= 4 is 15.7 Å². The van der Waals surface area contributed by atoms with Crippen LogP contribution in [0.5, 0.6) is 0 Å². The summed E-state index contributed by atoms with van der Waals surface area (Å²) in [6, 6.07) is 16.2. The molecule has 0 unspecified atom stereocenters. The fourth-order valence-corrected chi connectivity index (χ4v) is 2.90. The lowest BCUT2D eigenvalue weighted by Gasteiger charge is -2.19. The average molecular weight is 330 g/mol. The summed E-state index contributed by atoms with van der Waals surface area (Å²) in [6.45, 7) is 10.1. The van der Waals surface area contributed by atoms with Crippen LogP contribution < -0.4 is 10.3 Å². The van der Waals surface area contributed by atoms with Crippen LogP contribution in [-0.4, -0.2) is 8.42 Å². The van der Waals surface area contributed by atoms with E-state index in [1.165, 1.54) is 0 Å². The Kier molecular flexibility index (Phi) is 4.92. The van der Waals surface area contributed by atoms with Crippen LogP contribution in [0.25, 0.3) is 5.70 Å². The average Bonchev–Trinajstić information content (AvgIpc) is 2.53. The van der Waals surface area contributed by atoms with E-state index >= 15 is 0 Å². The molecule has 4 nitrogen and oxygen atoms in total. The second-order valence-corrected chi connectivity index (χ2v) is 8.03. The number of hydrazine groups is 1. The summed E-state index contributed by atoms with van der Waals surface area (Å²) < 4.78 is 24.6. The highest BCUT2D eigenvalue weighted by atomic mass is 32.2. The normalized spacial score (nSPS) is 12.0. The fraction of sp³-hybridized carbons (Fsp3) is 0.222. The van der Waals surface area contributed by atoms with Crippen molar-refractivity contribution in [2.24, 2.45) is 0 Å². The summed E-state index contributed by atoms with van der Waals surface area (Å²) in [5, 5.41) is 0. The standard InChI is InChI=1S/C18H22N2O2S/c1-14(15-8-6-5-7-9-15)19-20-23(21,22)17-12-10-16(11-13-17)18(2,3)4/h5-13,19-20H,1H2,2-4H3. The first-order chi connectivity index (χ1) is 10.7. The molecule has 2 aromatic rings. The predicted molar refractivity (Wildman–Crippen MR) is 94.1 cm³/mol. The maximum Gasteiger partial charge on any atom is 0.257 e. The van der Waals surface area contributed by atoms with Crippen molar-refractivity contribution in [3.05, 3.63) is 72.3 Å². The van der Waals surface area contributed by atoms with Crippen LogP contribution in [0.2, 0.25) is 0 Å². The molecule has 0 radical (unpaired) electrons. The third-order valence-corrected chi connectivity index (χ3v) is 4.75. The molecule has 2 aromatic carbocycles. The molecule has 0 atom stereocenters. The molecule has 0 heterocycles. The van der Waals surface area contributed by atoms with Crippen LogP contribution in [0.15, 0.2) is 66.1 Å². The summed E-state index contributed by atoms with van der Waals surface area (Å²) in [6.07, 6.45) is 0. The molecule has 0 saturated carbocycles. The molecule has 0 aromatic heterocycles. The van der Waals surface area contributed by atoms with E-state index in [0.717, 1.165) is 11.1 Å². The Labute approximate surface area is 138 Å². The third kappa shape index (κ3) is 4.43. The van der Waals surface area contributed by atoms with Crippen molar-refractivity contribution in [2.45, 2.75) is 31.1 Å². The van der Waals surface area contributed by atoms with Gasteiger partial charge in [0.05, 0.1) is 4.90 Å². The lowest BCUT2D eigenvalue weighted by Crippen LogP contribution is -2.35. The van der Waals surface area contributed by atoms with E-state index in [-0.39, 0.29) is 10.3 Å². The molecular formula is C18H22N2O2S. The Hall–Kier alpha value is -2.11. The summed E-state index contributed by atoms with van der Waals surface area (Å²) in [5.41, 5.74) is 5.02. The van der Waals surface area contributed by atoms with Gasteiger partial charge in [-0.2, -0.15) is 0 Å².